The molecule has 0 unspecified atom stereocenters. The first kappa shape index (κ1) is 8.83. The van der Waals surface area contributed by atoms with Crippen LogP contribution in [0.1, 0.15) is 13.8 Å². The van der Waals surface area contributed by atoms with E-state index in [1.807, 2.05) is 21.4 Å². The first-order valence-corrected chi connectivity index (χ1v) is 5.47. The minimum Gasteiger partial charge on any atom is -0.156 e. The molecule has 0 aliphatic rings. The first-order chi connectivity index (χ1) is 3.81. The van der Waals surface area contributed by atoms with Gasteiger partial charge in [-0.25, -0.2) is 0 Å². The molecule has 0 aliphatic heterocycles. The third kappa shape index (κ3) is 4.98. The standard InChI is InChI=1S/C4H12B2S2/c1-3-6(5)8-7-4-2/h3-5H2,1-2H3. The molecule has 0 aromatic rings. The van der Waals surface area contributed by atoms with E-state index in [-0.39, 0.29) is 0 Å². The van der Waals surface area contributed by atoms with Crippen molar-refractivity contribution in [2.24, 2.45) is 0 Å². The molecule has 0 heterocycles. The van der Waals surface area contributed by atoms with Gasteiger partial charge in [-0.2, -0.15) is 10.6 Å². The molecule has 0 saturated heterocycles. The summed E-state index contributed by atoms with van der Waals surface area (Å²) in [6.07, 6.45) is 1.29. The Kier molecular flexibility index (Phi) is 6.58. The van der Waals surface area contributed by atoms with Crippen LogP contribution in [0.4, 0.5) is 0 Å². The third-order valence-electron chi connectivity index (χ3n) is 0.925. The Morgan fingerprint density at radius 1 is 1.50 bits per heavy atom. The normalized spacial score (nSPS) is 9.25. The van der Waals surface area contributed by atoms with Crippen molar-refractivity contribution in [1.82, 2.24) is 0 Å². The predicted octanol–water partition coefficient (Wildman–Crippen LogP) is 1.53. The third-order valence-corrected chi connectivity index (χ3v) is 4.06. The van der Waals surface area contributed by atoms with Crippen LogP contribution in [-0.4, -0.2) is 19.4 Å². The molecule has 0 spiro atoms. The Morgan fingerprint density at radius 3 is 2.50 bits per heavy atom. The van der Waals surface area contributed by atoms with Gasteiger partial charge >= 0.3 is 0 Å². The van der Waals surface area contributed by atoms with Crippen LogP contribution in [0.3, 0.4) is 0 Å². The molecular weight excluding hydrogens is 134 g/mol. The monoisotopic (exact) mass is 146 g/mol. The Morgan fingerprint density at radius 2 is 2.12 bits per heavy atom. The summed E-state index contributed by atoms with van der Waals surface area (Å²) >= 11 is 0. The molecule has 0 radical (unpaired) electrons. The van der Waals surface area contributed by atoms with Crippen LogP contribution in [0.5, 0.6) is 0 Å². The average Bonchev–Trinajstić information content (AvgIpc) is 1.83. The van der Waals surface area contributed by atoms with E-state index in [9.17, 15) is 0 Å². The molecule has 0 aliphatic carbocycles. The summed E-state index contributed by atoms with van der Waals surface area (Å²) in [6, 6.07) is 0. The molecule has 0 aromatic heterocycles. The highest BCUT2D eigenvalue weighted by molar-refractivity contribution is 8.87. The van der Waals surface area contributed by atoms with Crippen LogP contribution >= 0.6 is 21.4 Å². The van der Waals surface area contributed by atoms with E-state index < -0.39 is 0 Å². The summed E-state index contributed by atoms with van der Waals surface area (Å²) < 4.78 is 0. The maximum atomic E-state index is 2.27. The van der Waals surface area contributed by atoms with Crippen LogP contribution in [0.2, 0.25) is 6.32 Å². The van der Waals surface area contributed by atoms with Gasteiger partial charge in [0.2, 0.25) is 0 Å². The largest absolute Gasteiger partial charge is 0.182 e. The maximum Gasteiger partial charge on any atom is 0.182 e. The Bertz CT molecular complexity index is 51.3. The zero-order valence-corrected chi connectivity index (χ0v) is 7.44. The van der Waals surface area contributed by atoms with Gasteiger partial charge in [0.05, 0.1) is 7.74 Å². The summed E-state index contributed by atoms with van der Waals surface area (Å²) in [5.74, 6) is 2.06. The number of rotatable bonds is 4. The van der Waals surface area contributed by atoms with E-state index in [2.05, 4.69) is 21.6 Å². The molecule has 0 nitrogen and oxygen atoms in total. The molecule has 0 rings (SSSR count). The Balaban J connectivity index is 2.86. The van der Waals surface area contributed by atoms with Gasteiger partial charge in [0.25, 0.3) is 0 Å². The van der Waals surface area contributed by atoms with E-state index in [0.717, 1.165) is 5.88 Å². The van der Waals surface area contributed by atoms with E-state index in [1.165, 1.54) is 12.1 Å². The van der Waals surface area contributed by atoms with Gasteiger partial charge in [0.1, 0.15) is 0 Å². The van der Waals surface area contributed by atoms with Crippen LogP contribution < -0.4 is 0 Å². The molecule has 46 valence electrons. The summed E-state index contributed by atoms with van der Waals surface area (Å²) in [4.78, 5) is 0. The molecule has 0 fully saturated rings. The van der Waals surface area contributed by atoms with Gasteiger partial charge in [-0.3, -0.25) is 0 Å². The lowest BCUT2D eigenvalue weighted by molar-refractivity contribution is 1.47. The van der Waals surface area contributed by atoms with E-state index in [0.29, 0.717) is 0 Å². The fourth-order valence-corrected chi connectivity index (χ4v) is 2.27. The fraction of sp³-hybridized carbons (Fsp3) is 1.00. The van der Waals surface area contributed by atoms with Crippen molar-refractivity contribution < 1.29 is 0 Å². The van der Waals surface area contributed by atoms with Gasteiger partial charge in [-0.05, 0) is 5.75 Å². The molecule has 0 bridgehead atoms. The van der Waals surface area contributed by atoms with Crippen molar-refractivity contribution in [3.8, 4) is 0 Å². The molecule has 4 heteroatoms. The molecule has 0 saturated carbocycles. The first-order valence-electron chi connectivity index (χ1n) is 3.09. The average molecular weight is 146 g/mol. The van der Waals surface area contributed by atoms with Crippen LogP contribution in [-0.2, 0) is 0 Å². The van der Waals surface area contributed by atoms with Crippen molar-refractivity contribution in [3.05, 3.63) is 0 Å². The minimum atomic E-state index is 0.833. The lowest BCUT2D eigenvalue weighted by Gasteiger charge is -1.99. The van der Waals surface area contributed by atoms with Crippen molar-refractivity contribution >= 4 is 35.1 Å². The molecule has 0 atom stereocenters. The Labute approximate surface area is 61.3 Å². The van der Waals surface area contributed by atoms with Gasteiger partial charge in [-0.1, -0.05) is 20.2 Å². The van der Waals surface area contributed by atoms with Crippen molar-refractivity contribution in [3.63, 3.8) is 0 Å². The van der Waals surface area contributed by atoms with Gasteiger partial charge in [-0.15, -0.1) is 10.8 Å². The zero-order chi connectivity index (χ0) is 6.41. The van der Waals surface area contributed by atoms with Crippen molar-refractivity contribution in [2.45, 2.75) is 20.2 Å². The highest BCUT2D eigenvalue weighted by Gasteiger charge is 2.01. The summed E-state index contributed by atoms with van der Waals surface area (Å²) in [7, 11) is 6.22. The van der Waals surface area contributed by atoms with E-state index in [4.69, 9.17) is 0 Å². The van der Waals surface area contributed by atoms with Crippen molar-refractivity contribution in [2.75, 3.05) is 5.75 Å². The number of hydrogen-bond donors (Lipinski definition) is 0. The second kappa shape index (κ2) is 5.96. The molecule has 0 aromatic carbocycles. The summed E-state index contributed by atoms with van der Waals surface area (Å²) in [6.45, 7) is 4.42. The minimum absolute atomic E-state index is 0.833. The summed E-state index contributed by atoms with van der Waals surface area (Å²) in [5, 5.41) is 0. The summed E-state index contributed by atoms with van der Waals surface area (Å²) in [5.41, 5.74) is 0. The molecular formula is C4H12B2S2. The van der Waals surface area contributed by atoms with Crippen molar-refractivity contribution in [1.29, 1.82) is 0 Å². The second-order valence-corrected chi connectivity index (χ2v) is 4.82. The molecule has 0 amide bonds. The van der Waals surface area contributed by atoms with E-state index in [1.54, 1.807) is 0 Å². The maximum absolute atomic E-state index is 2.27. The topological polar surface area (TPSA) is 0 Å². The number of hydrogen-bond acceptors (Lipinski definition) is 2. The molecule has 0 N–H and O–H groups in total. The van der Waals surface area contributed by atoms with Crippen LogP contribution in [0.15, 0.2) is 0 Å². The predicted molar refractivity (Wildman–Crippen MR) is 50.5 cm³/mol. The lowest BCUT2D eigenvalue weighted by Crippen LogP contribution is -2.02. The van der Waals surface area contributed by atoms with Gasteiger partial charge in [0.15, 0.2) is 5.88 Å². The Hall–Kier alpha value is 0.830. The highest BCUT2D eigenvalue weighted by atomic mass is 33.1. The van der Waals surface area contributed by atoms with E-state index >= 15 is 0 Å². The second-order valence-electron chi connectivity index (χ2n) is 1.72. The van der Waals surface area contributed by atoms with Gasteiger partial charge in [0, 0.05) is 0 Å². The highest BCUT2D eigenvalue weighted by Crippen LogP contribution is 2.23. The lowest BCUT2D eigenvalue weighted by atomic mass is 9.52. The van der Waals surface area contributed by atoms with Crippen LogP contribution in [0.25, 0.3) is 0 Å². The smallest absolute Gasteiger partial charge is 0.156 e. The van der Waals surface area contributed by atoms with Crippen LogP contribution in [0, 0.1) is 0 Å². The molecule has 8 heavy (non-hydrogen) atoms. The fourth-order valence-electron chi connectivity index (χ4n) is 0.252. The van der Waals surface area contributed by atoms with Gasteiger partial charge < -0.3 is 0 Å². The SMILES string of the molecule is BB(CC)SSCC. The quantitative estimate of drug-likeness (QED) is 0.435. The zero-order valence-electron chi connectivity index (χ0n) is 5.81.